The molecule has 0 unspecified atom stereocenters. The quantitative estimate of drug-likeness (QED) is 0.730. The Morgan fingerprint density at radius 2 is 2.12 bits per heavy atom. The lowest BCUT2D eigenvalue weighted by molar-refractivity contribution is 0.194. The molecular formula is C9H12N2O4S. The smallest absolute Gasteiger partial charge is 0.404 e. The number of carboxylic acid groups (broad SMARTS) is 1. The number of benzene rings is 1. The molecule has 0 aliphatic carbocycles. The van der Waals surface area contributed by atoms with Gasteiger partial charge in [0.2, 0.25) is 10.0 Å². The highest BCUT2D eigenvalue weighted by Crippen LogP contribution is 2.11. The minimum atomic E-state index is -3.31. The number of rotatable bonds is 4. The second-order valence-corrected chi connectivity index (χ2v) is 4.98. The highest BCUT2D eigenvalue weighted by atomic mass is 32.2. The van der Waals surface area contributed by atoms with Crippen LogP contribution in [0.15, 0.2) is 24.3 Å². The molecule has 1 aromatic rings. The van der Waals surface area contributed by atoms with E-state index in [-0.39, 0.29) is 6.54 Å². The van der Waals surface area contributed by atoms with Gasteiger partial charge in [0.1, 0.15) is 0 Å². The van der Waals surface area contributed by atoms with E-state index in [2.05, 4.69) is 10.0 Å². The molecule has 0 aliphatic heterocycles. The molecule has 0 atom stereocenters. The van der Waals surface area contributed by atoms with Gasteiger partial charge in [0, 0.05) is 12.2 Å². The Morgan fingerprint density at radius 3 is 2.69 bits per heavy atom. The van der Waals surface area contributed by atoms with Gasteiger partial charge in [-0.1, -0.05) is 12.1 Å². The normalized spacial score (nSPS) is 10.8. The molecule has 3 N–H and O–H groups in total. The van der Waals surface area contributed by atoms with E-state index >= 15 is 0 Å². The summed E-state index contributed by atoms with van der Waals surface area (Å²) in [6, 6.07) is 6.50. The molecule has 16 heavy (non-hydrogen) atoms. The molecule has 0 fully saturated rings. The fourth-order valence-corrected chi connectivity index (χ4v) is 1.69. The van der Waals surface area contributed by atoms with Crippen LogP contribution in [0.25, 0.3) is 0 Å². The predicted octanol–water partition coefficient (Wildman–Crippen LogP) is 0.826. The second kappa shape index (κ2) is 4.84. The fraction of sp³-hybridized carbons (Fsp3) is 0.222. The van der Waals surface area contributed by atoms with E-state index in [9.17, 15) is 13.2 Å². The average molecular weight is 244 g/mol. The number of hydrogen-bond donors (Lipinski definition) is 3. The summed E-state index contributed by atoms with van der Waals surface area (Å²) in [6.07, 6.45) is -0.0729. The average Bonchev–Trinajstić information content (AvgIpc) is 2.12. The number of amides is 1. The summed E-state index contributed by atoms with van der Waals surface area (Å²) in [5, 5.41) is 10.6. The molecule has 0 aromatic heterocycles. The minimum Gasteiger partial charge on any atom is -0.465 e. The van der Waals surface area contributed by atoms with Gasteiger partial charge >= 0.3 is 6.09 Å². The van der Waals surface area contributed by atoms with Gasteiger partial charge in [0.05, 0.1) is 6.26 Å². The highest BCUT2D eigenvalue weighted by molar-refractivity contribution is 7.92. The van der Waals surface area contributed by atoms with Gasteiger partial charge in [-0.25, -0.2) is 13.2 Å². The molecule has 0 bridgehead atoms. The van der Waals surface area contributed by atoms with E-state index in [0.717, 1.165) is 6.26 Å². The largest absolute Gasteiger partial charge is 0.465 e. The van der Waals surface area contributed by atoms with Crippen molar-refractivity contribution in [3.8, 4) is 0 Å². The van der Waals surface area contributed by atoms with Crippen molar-refractivity contribution in [1.29, 1.82) is 0 Å². The van der Waals surface area contributed by atoms with Crippen LogP contribution in [0.2, 0.25) is 0 Å². The Balaban J connectivity index is 2.75. The van der Waals surface area contributed by atoms with E-state index in [1.807, 2.05) is 0 Å². The summed E-state index contributed by atoms with van der Waals surface area (Å²) in [5.41, 5.74) is 1.09. The van der Waals surface area contributed by atoms with E-state index in [1.165, 1.54) is 0 Å². The molecule has 0 aliphatic rings. The third kappa shape index (κ3) is 4.65. The van der Waals surface area contributed by atoms with E-state index in [0.29, 0.717) is 11.3 Å². The number of sulfonamides is 1. The monoisotopic (exact) mass is 244 g/mol. The van der Waals surface area contributed by atoms with Crippen LogP contribution in [0.3, 0.4) is 0 Å². The Morgan fingerprint density at radius 1 is 1.44 bits per heavy atom. The van der Waals surface area contributed by atoms with Crippen molar-refractivity contribution in [3.63, 3.8) is 0 Å². The van der Waals surface area contributed by atoms with Crippen LogP contribution in [-0.2, 0) is 16.6 Å². The molecule has 6 nitrogen and oxygen atoms in total. The van der Waals surface area contributed by atoms with Crippen molar-refractivity contribution in [2.24, 2.45) is 0 Å². The molecule has 0 radical (unpaired) electrons. The van der Waals surface area contributed by atoms with Crippen molar-refractivity contribution in [1.82, 2.24) is 5.32 Å². The Hall–Kier alpha value is -1.76. The van der Waals surface area contributed by atoms with Crippen LogP contribution in [0, 0.1) is 0 Å². The van der Waals surface area contributed by atoms with Crippen molar-refractivity contribution in [2.75, 3.05) is 11.0 Å². The van der Waals surface area contributed by atoms with Crippen LogP contribution in [0.5, 0.6) is 0 Å². The summed E-state index contributed by atoms with van der Waals surface area (Å²) in [7, 11) is -3.31. The van der Waals surface area contributed by atoms with Crippen molar-refractivity contribution in [2.45, 2.75) is 6.54 Å². The standard InChI is InChI=1S/C9H12N2O4S/c1-16(14,15)11-8-4-2-3-7(5-8)6-10-9(12)13/h2-5,10-11H,6H2,1H3,(H,12,13). The molecule has 7 heteroatoms. The number of carbonyl (C=O) groups is 1. The lowest BCUT2D eigenvalue weighted by Gasteiger charge is -2.06. The molecule has 0 saturated heterocycles. The van der Waals surface area contributed by atoms with Crippen LogP contribution in [0.1, 0.15) is 5.56 Å². The number of hydrogen-bond acceptors (Lipinski definition) is 3. The van der Waals surface area contributed by atoms with Gasteiger partial charge < -0.3 is 10.4 Å². The first-order chi connectivity index (χ1) is 7.37. The maximum Gasteiger partial charge on any atom is 0.404 e. The Bertz CT molecular complexity index is 484. The SMILES string of the molecule is CS(=O)(=O)Nc1cccc(CNC(=O)O)c1. The van der Waals surface area contributed by atoms with Crippen molar-refractivity contribution >= 4 is 21.8 Å². The van der Waals surface area contributed by atoms with Gasteiger partial charge in [-0.2, -0.15) is 0 Å². The summed E-state index contributed by atoms with van der Waals surface area (Å²) in [6.45, 7) is 0.134. The molecule has 1 aromatic carbocycles. The van der Waals surface area contributed by atoms with E-state index < -0.39 is 16.1 Å². The van der Waals surface area contributed by atoms with Gasteiger partial charge in [-0.05, 0) is 17.7 Å². The third-order valence-corrected chi connectivity index (χ3v) is 2.28. The van der Waals surface area contributed by atoms with Gasteiger partial charge in [-0.3, -0.25) is 4.72 Å². The van der Waals surface area contributed by atoms with Crippen LogP contribution in [0.4, 0.5) is 10.5 Å². The van der Waals surface area contributed by atoms with Gasteiger partial charge in [0.15, 0.2) is 0 Å². The zero-order valence-corrected chi connectivity index (χ0v) is 9.41. The van der Waals surface area contributed by atoms with Gasteiger partial charge in [0.25, 0.3) is 0 Å². The third-order valence-electron chi connectivity index (χ3n) is 1.67. The zero-order chi connectivity index (χ0) is 12.2. The molecular weight excluding hydrogens is 232 g/mol. The molecule has 0 saturated carbocycles. The zero-order valence-electron chi connectivity index (χ0n) is 8.60. The number of nitrogens with one attached hydrogen (secondary N) is 2. The molecule has 0 heterocycles. The van der Waals surface area contributed by atoms with E-state index in [4.69, 9.17) is 5.11 Å². The lowest BCUT2D eigenvalue weighted by atomic mass is 10.2. The predicted molar refractivity (Wildman–Crippen MR) is 59.8 cm³/mol. The topological polar surface area (TPSA) is 95.5 Å². The van der Waals surface area contributed by atoms with Gasteiger partial charge in [-0.15, -0.1) is 0 Å². The Kier molecular flexibility index (Phi) is 3.73. The summed E-state index contributed by atoms with van der Waals surface area (Å²) >= 11 is 0. The van der Waals surface area contributed by atoms with Crippen molar-refractivity contribution < 1.29 is 18.3 Å². The Labute approximate surface area is 93.3 Å². The molecule has 88 valence electrons. The molecule has 0 spiro atoms. The molecule has 1 amide bonds. The first-order valence-electron chi connectivity index (χ1n) is 4.40. The summed E-state index contributed by atoms with van der Waals surface area (Å²) in [5.74, 6) is 0. The van der Waals surface area contributed by atoms with Crippen LogP contribution >= 0.6 is 0 Å². The fourth-order valence-electron chi connectivity index (χ4n) is 1.14. The van der Waals surface area contributed by atoms with E-state index in [1.54, 1.807) is 24.3 Å². The highest BCUT2D eigenvalue weighted by Gasteiger charge is 2.03. The second-order valence-electron chi connectivity index (χ2n) is 3.23. The summed E-state index contributed by atoms with van der Waals surface area (Å²) < 4.78 is 24.2. The maximum atomic E-state index is 11.0. The number of anilines is 1. The van der Waals surface area contributed by atoms with Crippen LogP contribution in [-0.4, -0.2) is 25.9 Å². The van der Waals surface area contributed by atoms with Crippen molar-refractivity contribution in [3.05, 3.63) is 29.8 Å². The first kappa shape index (κ1) is 12.3. The minimum absolute atomic E-state index is 0.134. The first-order valence-corrected chi connectivity index (χ1v) is 6.29. The lowest BCUT2D eigenvalue weighted by Crippen LogP contribution is -2.20. The maximum absolute atomic E-state index is 11.0. The van der Waals surface area contributed by atoms with Crippen LogP contribution < -0.4 is 10.0 Å². The molecule has 1 rings (SSSR count). The summed E-state index contributed by atoms with van der Waals surface area (Å²) in [4.78, 5) is 10.3.